The van der Waals surface area contributed by atoms with E-state index in [1.54, 1.807) is 60.7 Å². The maximum Gasteiger partial charge on any atom is 0.330 e. The van der Waals surface area contributed by atoms with Crippen molar-refractivity contribution in [3.8, 4) is 0 Å². The van der Waals surface area contributed by atoms with Gasteiger partial charge in [-0.2, -0.15) is 0 Å². The van der Waals surface area contributed by atoms with E-state index in [-0.39, 0.29) is 29.6 Å². The average molecular weight is 547 g/mol. The van der Waals surface area contributed by atoms with Crippen molar-refractivity contribution < 1.29 is 46.9 Å². The van der Waals surface area contributed by atoms with Gasteiger partial charge < -0.3 is 38.0 Å². The van der Waals surface area contributed by atoms with E-state index in [0.29, 0.717) is 11.1 Å². The first-order chi connectivity index (χ1) is 15.8. The molecule has 0 radical (unpaired) electrons. The fourth-order valence-corrected chi connectivity index (χ4v) is 5.50. The van der Waals surface area contributed by atoms with E-state index in [2.05, 4.69) is 11.1 Å². The number of carboxylic acids is 1. The SMILES string of the molecule is [Br-].[NH3+][C@@H](c1ccccc1)P(=O)(O)C[C@H](Cc1ccccc1)C(=O)N[C@H](C(=O)O)c1ccccc1. The smallest absolute Gasteiger partial charge is 0.330 e. The Morgan fingerprint density at radius 2 is 1.32 bits per heavy atom. The van der Waals surface area contributed by atoms with E-state index in [1.807, 2.05) is 30.3 Å². The summed E-state index contributed by atoms with van der Waals surface area (Å²) in [7, 11) is -3.91. The van der Waals surface area contributed by atoms with Crippen molar-refractivity contribution in [1.82, 2.24) is 5.32 Å². The first-order valence-electron chi connectivity index (χ1n) is 10.6. The molecule has 0 aliphatic heterocycles. The molecule has 3 rings (SSSR count). The second-order valence-electron chi connectivity index (χ2n) is 7.94. The summed E-state index contributed by atoms with van der Waals surface area (Å²) in [5.41, 5.74) is 5.73. The molecule has 1 unspecified atom stereocenters. The lowest BCUT2D eigenvalue weighted by Crippen LogP contribution is -3.00. The molecule has 0 spiro atoms. The molecule has 6 N–H and O–H groups in total. The second kappa shape index (κ2) is 12.6. The molecule has 180 valence electrons. The number of hydrogen-bond acceptors (Lipinski definition) is 3. The summed E-state index contributed by atoms with van der Waals surface area (Å²) >= 11 is 0. The number of nitrogens with one attached hydrogen (secondary N) is 1. The van der Waals surface area contributed by atoms with E-state index in [9.17, 15) is 24.2 Å². The average Bonchev–Trinajstić information content (AvgIpc) is 2.83. The zero-order chi connectivity index (χ0) is 23.8. The van der Waals surface area contributed by atoms with Crippen molar-refractivity contribution in [2.45, 2.75) is 18.2 Å². The van der Waals surface area contributed by atoms with Crippen LogP contribution in [0.5, 0.6) is 0 Å². The van der Waals surface area contributed by atoms with Crippen molar-refractivity contribution >= 4 is 19.2 Å². The number of hydrogen-bond donors (Lipinski definition) is 4. The minimum Gasteiger partial charge on any atom is -1.00 e. The molecule has 0 saturated heterocycles. The lowest BCUT2D eigenvalue weighted by molar-refractivity contribution is -0.397. The third kappa shape index (κ3) is 7.37. The molecular weight excluding hydrogens is 519 g/mol. The Morgan fingerprint density at radius 3 is 1.82 bits per heavy atom. The third-order valence-corrected chi connectivity index (χ3v) is 7.75. The number of halogens is 1. The molecule has 0 heterocycles. The van der Waals surface area contributed by atoms with E-state index in [4.69, 9.17) is 0 Å². The van der Waals surface area contributed by atoms with Gasteiger partial charge in [-0.15, -0.1) is 0 Å². The fourth-order valence-electron chi connectivity index (χ4n) is 3.68. The summed E-state index contributed by atoms with van der Waals surface area (Å²) < 4.78 is 13.3. The quantitative estimate of drug-likeness (QED) is 0.266. The maximum absolute atomic E-state index is 13.3. The van der Waals surface area contributed by atoms with Crippen molar-refractivity contribution in [2.75, 3.05) is 6.16 Å². The molecule has 1 amide bonds. The van der Waals surface area contributed by atoms with Gasteiger partial charge in [-0.05, 0) is 17.5 Å². The van der Waals surface area contributed by atoms with Crippen LogP contribution >= 0.6 is 7.37 Å². The summed E-state index contributed by atoms with van der Waals surface area (Å²) in [5.74, 6) is -3.62. The largest absolute Gasteiger partial charge is 1.00 e. The monoisotopic (exact) mass is 546 g/mol. The van der Waals surface area contributed by atoms with Crippen molar-refractivity contribution in [2.24, 2.45) is 5.92 Å². The first kappa shape index (κ1) is 27.5. The summed E-state index contributed by atoms with van der Waals surface area (Å²) in [6.07, 6.45) is -0.127. The van der Waals surface area contributed by atoms with Crippen molar-refractivity contribution in [1.29, 1.82) is 0 Å². The molecule has 9 heteroatoms. The highest BCUT2D eigenvalue weighted by Gasteiger charge is 2.38. The number of carbonyl (C=O) groups excluding carboxylic acids is 1. The molecule has 34 heavy (non-hydrogen) atoms. The van der Waals surface area contributed by atoms with E-state index in [0.717, 1.165) is 5.56 Å². The first-order valence-corrected chi connectivity index (χ1v) is 12.5. The van der Waals surface area contributed by atoms with Gasteiger partial charge in [0.2, 0.25) is 5.91 Å². The minimum absolute atomic E-state index is 0. The van der Waals surface area contributed by atoms with Crippen LogP contribution in [0.2, 0.25) is 0 Å². The number of rotatable bonds is 10. The van der Waals surface area contributed by atoms with Gasteiger partial charge in [0.1, 0.15) is 0 Å². The van der Waals surface area contributed by atoms with E-state index in [1.165, 1.54) is 0 Å². The molecule has 7 nitrogen and oxygen atoms in total. The Bertz CT molecular complexity index is 1120. The maximum atomic E-state index is 13.3. The van der Waals surface area contributed by atoms with Gasteiger partial charge in [0.25, 0.3) is 7.37 Å². The van der Waals surface area contributed by atoms with Crippen molar-refractivity contribution in [3.05, 3.63) is 108 Å². The molecule has 3 aromatic carbocycles. The molecule has 0 saturated carbocycles. The van der Waals surface area contributed by atoms with Crippen LogP contribution in [0.1, 0.15) is 28.5 Å². The molecule has 0 aliphatic carbocycles. The number of amides is 1. The van der Waals surface area contributed by atoms with Gasteiger partial charge in [0.05, 0.1) is 5.92 Å². The van der Waals surface area contributed by atoms with E-state index < -0.39 is 37.0 Å². The molecular formula is C25H28BrN2O5P. The Morgan fingerprint density at radius 1 is 0.853 bits per heavy atom. The summed E-state index contributed by atoms with van der Waals surface area (Å²) in [5, 5.41) is 12.3. The van der Waals surface area contributed by atoms with Gasteiger partial charge in [-0.3, -0.25) is 9.36 Å². The molecule has 0 aromatic heterocycles. The topological polar surface area (TPSA) is 131 Å². The van der Waals surface area contributed by atoms with Crippen LogP contribution < -0.4 is 28.0 Å². The summed E-state index contributed by atoms with van der Waals surface area (Å²) in [6.45, 7) is 0. The highest BCUT2D eigenvalue weighted by Crippen LogP contribution is 2.52. The van der Waals surface area contributed by atoms with Crippen LogP contribution in [-0.2, 0) is 20.6 Å². The standard InChI is InChI=1S/C25H27N2O5P.BrH/c26-23(20-14-8-3-9-15-20)33(31,32)17-21(16-18-10-4-1-5-11-18)24(28)27-22(25(29)30)19-12-6-2-7-13-19;/h1-15,21-23H,16-17,26H2,(H,27,28)(H,29,30)(H,31,32);1H/t21-,22-,23+;/m0./s1. The second-order valence-corrected chi connectivity index (χ2v) is 10.4. The Balaban J connectivity index is 0.00000408. The van der Waals surface area contributed by atoms with Crippen molar-refractivity contribution in [3.63, 3.8) is 0 Å². The Kier molecular flexibility index (Phi) is 10.2. The number of aliphatic carboxylic acids is 1. The molecule has 3 aromatic rings. The van der Waals surface area contributed by atoms with Crippen LogP contribution in [0.3, 0.4) is 0 Å². The molecule has 4 atom stereocenters. The highest BCUT2D eigenvalue weighted by atomic mass is 79.9. The predicted octanol–water partition coefficient (Wildman–Crippen LogP) is 0.00250. The highest BCUT2D eigenvalue weighted by molar-refractivity contribution is 7.58. The van der Waals surface area contributed by atoms with Crippen LogP contribution in [0.4, 0.5) is 0 Å². The van der Waals surface area contributed by atoms with Crippen LogP contribution in [0, 0.1) is 5.92 Å². The number of carboxylic acid groups (broad SMARTS) is 1. The van der Waals surface area contributed by atoms with Gasteiger partial charge in [-0.25, -0.2) is 4.79 Å². The van der Waals surface area contributed by atoms with E-state index >= 15 is 0 Å². The normalized spacial score (nSPS) is 15.1. The Labute approximate surface area is 209 Å². The third-order valence-electron chi connectivity index (χ3n) is 5.52. The molecule has 0 bridgehead atoms. The molecule has 0 aliphatic rings. The summed E-state index contributed by atoms with van der Waals surface area (Å²) in [6, 6.07) is 25.0. The predicted molar refractivity (Wildman–Crippen MR) is 125 cm³/mol. The summed E-state index contributed by atoms with van der Waals surface area (Å²) in [4.78, 5) is 36.0. The van der Waals surface area contributed by atoms with Crippen LogP contribution in [-0.4, -0.2) is 28.0 Å². The van der Waals surface area contributed by atoms with Gasteiger partial charge in [-0.1, -0.05) is 91.0 Å². The van der Waals surface area contributed by atoms with Crippen LogP contribution in [0.25, 0.3) is 0 Å². The molecule has 0 fully saturated rings. The number of benzene rings is 3. The lowest BCUT2D eigenvalue weighted by atomic mass is 9.99. The lowest BCUT2D eigenvalue weighted by Gasteiger charge is -2.24. The minimum atomic E-state index is -3.91. The zero-order valence-electron chi connectivity index (χ0n) is 18.5. The number of quaternary nitrogens is 1. The van der Waals surface area contributed by atoms with Gasteiger partial charge in [0.15, 0.2) is 11.8 Å². The Hall–Kier alpha value is -2.77. The van der Waals surface area contributed by atoms with Crippen LogP contribution in [0.15, 0.2) is 91.0 Å². The van der Waals surface area contributed by atoms with Gasteiger partial charge in [0, 0.05) is 11.7 Å². The number of carbonyl (C=O) groups is 2. The zero-order valence-corrected chi connectivity index (χ0v) is 20.9. The fraction of sp³-hybridized carbons (Fsp3) is 0.200. The van der Waals surface area contributed by atoms with Gasteiger partial charge >= 0.3 is 5.97 Å².